The van der Waals surface area contributed by atoms with Crippen LogP contribution in [0, 0.1) is 0 Å². The van der Waals surface area contributed by atoms with Crippen molar-refractivity contribution in [1.29, 1.82) is 0 Å². The van der Waals surface area contributed by atoms with Crippen molar-refractivity contribution in [3.05, 3.63) is 84.9 Å². The van der Waals surface area contributed by atoms with E-state index in [-0.39, 0.29) is 27.3 Å². The van der Waals surface area contributed by atoms with E-state index in [1.807, 2.05) is 45.8 Å². The van der Waals surface area contributed by atoms with Gasteiger partial charge in [-0.2, -0.15) is 0 Å². The monoisotopic (exact) mass is 652 g/mol. The third-order valence-corrected chi connectivity index (χ3v) is 4.99. The average Bonchev–Trinajstić information content (AvgIpc) is 2.67. The van der Waals surface area contributed by atoms with Crippen LogP contribution in [0.15, 0.2) is 84.9 Å². The maximum Gasteiger partial charge on any atom is 2.00 e. The van der Waals surface area contributed by atoms with Gasteiger partial charge in [-0.05, 0) is 22.9 Å². The van der Waals surface area contributed by atoms with Crippen molar-refractivity contribution in [1.82, 2.24) is 0 Å². The first-order chi connectivity index (χ1) is 14.1. The molecule has 2 radical (unpaired) electrons. The Labute approximate surface area is 200 Å². The van der Waals surface area contributed by atoms with Crippen LogP contribution in [0.1, 0.15) is 0 Å². The maximum absolute atomic E-state index is 10.6. The molecule has 0 unspecified atom stereocenters. The quantitative estimate of drug-likeness (QED) is 0.257. The van der Waals surface area contributed by atoms with Gasteiger partial charge in [0, 0.05) is 10.8 Å². The molecule has 0 atom stereocenters. The standard InChI is InChI=1S/2C10H9NO3S.Pb/c2*12-15(13,14)11-10-7-3-5-8-4-1-2-6-9(8)10;/h2*1-7,11H,(H,12,13,14);/q;;+2/p-2. The molecule has 0 aromatic heterocycles. The third-order valence-electron chi connectivity index (χ3n) is 4.05. The Hall–Kier alpha value is -2.26. The number of anilines is 2. The zero-order valence-electron chi connectivity index (χ0n) is 15.8. The minimum absolute atomic E-state index is 0. The Balaban J connectivity index is 0.000000213. The van der Waals surface area contributed by atoms with E-state index in [9.17, 15) is 25.9 Å². The average molecular weight is 652 g/mol. The maximum atomic E-state index is 10.6. The molecule has 0 fully saturated rings. The second kappa shape index (κ2) is 10.4. The summed E-state index contributed by atoms with van der Waals surface area (Å²) in [4.78, 5) is 0. The molecular weight excluding hydrogens is 636 g/mol. The van der Waals surface area contributed by atoms with Crippen molar-refractivity contribution in [2.45, 2.75) is 0 Å². The van der Waals surface area contributed by atoms with Gasteiger partial charge in [0.2, 0.25) is 0 Å². The summed E-state index contributed by atoms with van der Waals surface area (Å²) in [5.41, 5.74) is 0.617. The minimum Gasteiger partial charge on any atom is -0.731 e. The third kappa shape index (κ3) is 7.43. The molecule has 158 valence electrons. The summed E-state index contributed by atoms with van der Waals surface area (Å²) in [7, 11) is -8.94. The Morgan fingerprint density at radius 2 is 0.839 bits per heavy atom. The van der Waals surface area contributed by atoms with Crippen LogP contribution in [0.25, 0.3) is 21.5 Å². The number of hydrogen-bond acceptors (Lipinski definition) is 6. The first-order valence-electron chi connectivity index (χ1n) is 8.55. The van der Waals surface area contributed by atoms with Gasteiger partial charge in [0.1, 0.15) is 0 Å². The van der Waals surface area contributed by atoms with Gasteiger partial charge in [-0.15, -0.1) is 0 Å². The smallest absolute Gasteiger partial charge is 0.731 e. The molecule has 11 heteroatoms. The van der Waals surface area contributed by atoms with E-state index >= 15 is 0 Å². The Bertz CT molecular complexity index is 1290. The summed E-state index contributed by atoms with van der Waals surface area (Å²) in [6.07, 6.45) is 0. The minimum atomic E-state index is -4.47. The summed E-state index contributed by atoms with van der Waals surface area (Å²) in [6, 6.07) is 24.6. The van der Waals surface area contributed by atoms with Crippen LogP contribution in [-0.2, 0) is 20.6 Å². The van der Waals surface area contributed by atoms with Crippen LogP contribution in [-0.4, -0.2) is 53.2 Å². The first-order valence-corrected chi connectivity index (χ1v) is 11.4. The fraction of sp³-hybridized carbons (Fsp3) is 0. The van der Waals surface area contributed by atoms with Gasteiger partial charge < -0.3 is 9.11 Å². The molecule has 31 heavy (non-hydrogen) atoms. The van der Waals surface area contributed by atoms with Crippen molar-refractivity contribution < 1.29 is 25.9 Å². The van der Waals surface area contributed by atoms with Crippen molar-refractivity contribution in [3.63, 3.8) is 0 Å². The molecule has 0 aliphatic heterocycles. The summed E-state index contributed by atoms with van der Waals surface area (Å²) >= 11 is 0. The predicted octanol–water partition coefficient (Wildman–Crippen LogP) is 3.04. The topological polar surface area (TPSA) is 138 Å². The van der Waals surface area contributed by atoms with E-state index in [1.165, 1.54) is 0 Å². The summed E-state index contributed by atoms with van der Waals surface area (Å²) < 4.78 is 67.3. The van der Waals surface area contributed by atoms with Crippen molar-refractivity contribution in [3.8, 4) is 0 Å². The molecule has 0 aliphatic carbocycles. The molecule has 0 saturated carbocycles. The molecule has 4 aromatic rings. The van der Waals surface area contributed by atoms with Crippen LogP contribution in [0.4, 0.5) is 11.4 Å². The van der Waals surface area contributed by atoms with E-state index in [0.29, 0.717) is 22.1 Å². The van der Waals surface area contributed by atoms with E-state index < -0.39 is 20.6 Å². The van der Waals surface area contributed by atoms with Crippen molar-refractivity contribution in [2.75, 3.05) is 9.44 Å². The fourth-order valence-corrected chi connectivity index (χ4v) is 3.79. The molecule has 0 amide bonds. The van der Waals surface area contributed by atoms with Crippen LogP contribution < -0.4 is 9.44 Å². The molecule has 8 nitrogen and oxygen atoms in total. The van der Waals surface area contributed by atoms with Crippen LogP contribution in [0.2, 0.25) is 0 Å². The Kier molecular flexibility index (Phi) is 8.36. The second-order valence-corrected chi connectivity index (χ2v) is 8.39. The molecule has 0 heterocycles. The predicted molar refractivity (Wildman–Crippen MR) is 120 cm³/mol. The van der Waals surface area contributed by atoms with Crippen LogP contribution in [0.3, 0.4) is 0 Å². The van der Waals surface area contributed by atoms with Gasteiger partial charge in [0.25, 0.3) is 0 Å². The van der Waals surface area contributed by atoms with Gasteiger partial charge in [-0.1, -0.05) is 72.8 Å². The van der Waals surface area contributed by atoms with Crippen LogP contribution >= 0.6 is 0 Å². The van der Waals surface area contributed by atoms with Gasteiger partial charge in [0.15, 0.2) is 20.6 Å². The van der Waals surface area contributed by atoms with E-state index in [4.69, 9.17) is 0 Å². The molecule has 0 bridgehead atoms. The molecule has 4 aromatic carbocycles. The largest absolute Gasteiger partial charge is 2.00 e. The normalized spacial score (nSPS) is 11.2. The number of fused-ring (bicyclic) bond motifs is 2. The second-order valence-electron chi connectivity index (χ2n) is 6.17. The molecule has 0 aliphatic rings. The number of benzene rings is 4. The first kappa shape index (κ1) is 25.0. The molecule has 0 saturated heterocycles. The Morgan fingerprint density at radius 3 is 1.19 bits per heavy atom. The molecule has 2 N–H and O–H groups in total. The number of rotatable bonds is 4. The molecule has 4 rings (SSSR count). The van der Waals surface area contributed by atoms with Gasteiger partial charge in [-0.25, -0.2) is 16.8 Å². The zero-order valence-corrected chi connectivity index (χ0v) is 21.4. The fourth-order valence-electron chi connectivity index (χ4n) is 2.90. The van der Waals surface area contributed by atoms with E-state index in [2.05, 4.69) is 0 Å². The van der Waals surface area contributed by atoms with E-state index in [1.54, 1.807) is 48.5 Å². The number of nitrogens with one attached hydrogen (secondary N) is 2. The summed E-state index contributed by atoms with van der Waals surface area (Å²) in [5.74, 6) is 0. The van der Waals surface area contributed by atoms with E-state index in [0.717, 1.165) is 10.8 Å². The summed E-state index contributed by atoms with van der Waals surface area (Å²) in [6.45, 7) is 0. The van der Waals surface area contributed by atoms with Gasteiger partial charge in [-0.3, -0.25) is 9.44 Å². The number of hydrogen-bond donors (Lipinski definition) is 2. The van der Waals surface area contributed by atoms with Gasteiger partial charge in [0.05, 0.1) is 11.4 Å². The van der Waals surface area contributed by atoms with Gasteiger partial charge >= 0.3 is 27.3 Å². The summed E-state index contributed by atoms with van der Waals surface area (Å²) in [5, 5.41) is 3.18. The van der Waals surface area contributed by atoms with Crippen LogP contribution in [0.5, 0.6) is 0 Å². The zero-order chi connectivity index (χ0) is 21.8. The van der Waals surface area contributed by atoms with Crippen molar-refractivity contribution in [2.24, 2.45) is 0 Å². The molecular formula is C20H16N2O6PbS2. The molecule has 0 spiro atoms. The SMILES string of the molecule is O=S(=O)([O-])Nc1cccc2ccccc12.O=S(=O)([O-])Nc1cccc2ccccc12.[Pb+2]. The van der Waals surface area contributed by atoms with Crippen molar-refractivity contribution >= 4 is 80.8 Å². The Morgan fingerprint density at radius 1 is 0.516 bits per heavy atom.